The zero-order valence-corrected chi connectivity index (χ0v) is 9.54. The van der Waals surface area contributed by atoms with Crippen molar-refractivity contribution < 1.29 is 9.53 Å². The van der Waals surface area contributed by atoms with E-state index in [0.29, 0.717) is 0 Å². The van der Waals surface area contributed by atoms with Crippen LogP contribution in [0.3, 0.4) is 0 Å². The normalized spacial score (nSPS) is 12.4. The van der Waals surface area contributed by atoms with Crippen LogP contribution in [0.5, 0.6) is 0 Å². The summed E-state index contributed by atoms with van der Waals surface area (Å²) in [6.07, 6.45) is 4.98. The van der Waals surface area contributed by atoms with Crippen LogP contribution in [0.4, 0.5) is 5.82 Å². The van der Waals surface area contributed by atoms with Crippen molar-refractivity contribution in [1.29, 1.82) is 0 Å². The first kappa shape index (κ1) is 11.2. The van der Waals surface area contributed by atoms with Gasteiger partial charge < -0.3 is 15.0 Å². The van der Waals surface area contributed by atoms with Gasteiger partial charge in [0.1, 0.15) is 5.82 Å². The number of esters is 1. The molecule has 2 aromatic rings. The van der Waals surface area contributed by atoms with E-state index in [0.717, 1.165) is 5.56 Å². The van der Waals surface area contributed by atoms with Gasteiger partial charge in [0.05, 0.1) is 25.7 Å². The van der Waals surface area contributed by atoms with Crippen LogP contribution in [-0.4, -0.2) is 32.8 Å². The highest BCUT2D eigenvalue weighted by atomic mass is 16.5. The summed E-state index contributed by atoms with van der Waals surface area (Å²) in [4.78, 5) is 15.3. The molecule has 7 heteroatoms. The standard InChI is InChI=1S/C10H13N5O2/c1-6(7-3-13-14-4-7)15-5-12-8(9(15)11)10(16)17-2/h3-6H,11H2,1-2H3,(H,13,14). The first-order valence-corrected chi connectivity index (χ1v) is 5.04. The van der Waals surface area contributed by atoms with Crippen LogP contribution in [-0.2, 0) is 4.74 Å². The lowest BCUT2D eigenvalue weighted by Crippen LogP contribution is -2.11. The molecule has 0 aromatic carbocycles. The van der Waals surface area contributed by atoms with Crippen LogP contribution in [0, 0.1) is 0 Å². The summed E-state index contributed by atoms with van der Waals surface area (Å²) in [7, 11) is 1.29. The topological polar surface area (TPSA) is 98.8 Å². The van der Waals surface area contributed by atoms with Crippen LogP contribution in [0.15, 0.2) is 18.7 Å². The highest BCUT2D eigenvalue weighted by Crippen LogP contribution is 2.22. The molecule has 2 rings (SSSR count). The summed E-state index contributed by atoms with van der Waals surface area (Å²) < 4.78 is 6.28. The van der Waals surface area contributed by atoms with Crippen molar-refractivity contribution in [2.24, 2.45) is 0 Å². The number of carbonyl (C=O) groups is 1. The summed E-state index contributed by atoms with van der Waals surface area (Å²) in [5.74, 6) is -0.258. The second-order valence-corrected chi connectivity index (χ2v) is 3.58. The predicted molar refractivity (Wildman–Crippen MR) is 60.4 cm³/mol. The van der Waals surface area contributed by atoms with Crippen molar-refractivity contribution >= 4 is 11.8 Å². The zero-order chi connectivity index (χ0) is 12.4. The number of anilines is 1. The van der Waals surface area contributed by atoms with E-state index >= 15 is 0 Å². The maximum atomic E-state index is 11.4. The molecular formula is C10H13N5O2. The van der Waals surface area contributed by atoms with E-state index in [1.807, 2.05) is 6.92 Å². The first-order valence-electron chi connectivity index (χ1n) is 5.04. The molecule has 2 aromatic heterocycles. The van der Waals surface area contributed by atoms with Gasteiger partial charge in [0.15, 0.2) is 5.69 Å². The minimum Gasteiger partial charge on any atom is -0.464 e. The first-order chi connectivity index (χ1) is 8.15. The third-order valence-corrected chi connectivity index (χ3v) is 2.63. The third-order valence-electron chi connectivity index (χ3n) is 2.63. The molecule has 7 nitrogen and oxygen atoms in total. The number of aromatic nitrogens is 4. The number of methoxy groups -OCH3 is 1. The molecule has 1 atom stereocenters. The van der Waals surface area contributed by atoms with Crippen molar-refractivity contribution in [3.8, 4) is 0 Å². The van der Waals surface area contributed by atoms with Crippen molar-refractivity contribution in [3.63, 3.8) is 0 Å². The van der Waals surface area contributed by atoms with Gasteiger partial charge in [-0.2, -0.15) is 5.10 Å². The monoisotopic (exact) mass is 235 g/mol. The van der Waals surface area contributed by atoms with E-state index < -0.39 is 5.97 Å². The summed E-state index contributed by atoms with van der Waals surface area (Å²) in [6, 6.07) is -0.0559. The van der Waals surface area contributed by atoms with Crippen LogP contribution >= 0.6 is 0 Å². The molecule has 0 aliphatic rings. The molecule has 0 bridgehead atoms. The van der Waals surface area contributed by atoms with Crippen molar-refractivity contribution in [2.45, 2.75) is 13.0 Å². The highest BCUT2D eigenvalue weighted by molar-refractivity contribution is 5.92. The molecule has 0 amide bonds. The molecule has 0 spiro atoms. The van der Waals surface area contributed by atoms with Crippen molar-refractivity contribution in [2.75, 3.05) is 12.8 Å². The van der Waals surface area contributed by atoms with E-state index in [1.54, 1.807) is 17.0 Å². The maximum absolute atomic E-state index is 11.4. The van der Waals surface area contributed by atoms with Gasteiger partial charge in [0.2, 0.25) is 0 Å². The number of rotatable bonds is 3. The zero-order valence-electron chi connectivity index (χ0n) is 9.54. The van der Waals surface area contributed by atoms with E-state index in [9.17, 15) is 4.79 Å². The van der Waals surface area contributed by atoms with E-state index in [2.05, 4.69) is 19.9 Å². The number of ether oxygens (including phenoxy) is 1. The van der Waals surface area contributed by atoms with E-state index in [4.69, 9.17) is 5.73 Å². The Morgan fingerprint density at radius 3 is 3.00 bits per heavy atom. The Hall–Kier alpha value is -2.31. The van der Waals surface area contributed by atoms with E-state index in [1.165, 1.54) is 13.4 Å². The van der Waals surface area contributed by atoms with Crippen LogP contribution in [0.25, 0.3) is 0 Å². The number of nitrogens with one attached hydrogen (secondary N) is 1. The molecular weight excluding hydrogens is 222 g/mol. The van der Waals surface area contributed by atoms with Gasteiger partial charge in [-0.1, -0.05) is 0 Å². The lowest BCUT2D eigenvalue weighted by molar-refractivity contribution is 0.0596. The number of carbonyl (C=O) groups excluding carboxylic acids is 1. The molecule has 0 saturated heterocycles. The fourth-order valence-electron chi connectivity index (χ4n) is 1.58. The number of imidazole rings is 1. The van der Waals surface area contributed by atoms with Gasteiger partial charge in [0, 0.05) is 11.8 Å². The third kappa shape index (κ3) is 1.86. The Balaban J connectivity index is 2.34. The van der Waals surface area contributed by atoms with Gasteiger partial charge >= 0.3 is 5.97 Å². The Bertz CT molecular complexity index is 517. The highest BCUT2D eigenvalue weighted by Gasteiger charge is 2.19. The number of hydrogen-bond donors (Lipinski definition) is 2. The minimum absolute atomic E-state index is 0.0559. The maximum Gasteiger partial charge on any atom is 0.360 e. The molecule has 90 valence electrons. The number of nitrogen functional groups attached to an aromatic ring is 1. The van der Waals surface area contributed by atoms with Crippen LogP contribution in [0.1, 0.15) is 29.0 Å². The Kier molecular flexibility index (Phi) is 2.82. The lowest BCUT2D eigenvalue weighted by atomic mass is 10.2. The largest absolute Gasteiger partial charge is 0.464 e. The average Bonchev–Trinajstić information content (AvgIpc) is 2.96. The molecule has 0 fully saturated rings. The molecule has 17 heavy (non-hydrogen) atoms. The number of nitrogens with zero attached hydrogens (tertiary/aromatic N) is 3. The minimum atomic E-state index is -0.541. The Morgan fingerprint density at radius 2 is 2.41 bits per heavy atom. The number of aromatic amines is 1. The fourth-order valence-corrected chi connectivity index (χ4v) is 1.58. The summed E-state index contributed by atoms with van der Waals surface area (Å²) >= 11 is 0. The van der Waals surface area contributed by atoms with Gasteiger partial charge in [-0.05, 0) is 6.92 Å². The van der Waals surface area contributed by atoms with Gasteiger partial charge in [-0.15, -0.1) is 0 Å². The molecule has 0 saturated carbocycles. The lowest BCUT2D eigenvalue weighted by Gasteiger charge is -2.12. The van der Waals surface area contributed by atoms with Crippen molar-refractivity contribution in [1.82, 2.24) is 19.7 Å². The second-order valence-electron chi connectivity index (χ2n) is 3.58. The molecule has 0 aliphatic carbocycles. The van der Waals surface area contributed by atoms with Crippen LogP contribution in [0.2, 0.25) is 0 Å². The quantitative estimate of drug-likeness (QED) is 0.758. The molecule has 0 radical (unpaired) electrons. The summed E-state index contributed by atoms with van der Waals surface area (Å²) in [5.41, 5.74) is 6.93. The second kappa shape index (κ2) is 4.28. The smallest absolute Gasteiger partial charge is 0.360 e. The fraction of sp³-hybridized carbons (Fsp3) is 0.300. The molecule has 0 aliphatic heterocycles. The predicted octanol–water partition coefficient (Wildman–Crippen LogP) is 0.584. The molecule has 1 unspecified atom stereocenters. The van der Waals surface area contributed by atoms with Gasteiger partial charge in [0.25, 0.3) is 0 Å². The summed E-state index contributed by atoms with van der Waals surface area (Å²) in [5, 5.41) is 6.59. The number of nitrogens with two attached hydrogens (primary N) is 1. The average molecular weight is 235 g/mol. The van der Waals surface area contributed by atoms with Gasteiger partial charge in [-0.3, -0.25) is 5.10 Å². The summed E-state index contributed by atoms with van der Waals surface area (Å²) in [6.45, 7) is 1.93. The Morgan fingerprint density at radius 1 is 1.65 bits per heavy atom. The number of H-pyrrole nitrogens is 1. The van der Waals surface area contributed by atoms with Gasteiger partial charge in [-0.25, -0.2) is 9.78 Å². The molecule has 3 N–H and O–H groups in total. The number of hydrogen-bond acceptors (Lipinski definition) is 5. The van der Waals surface area contributed by atoms with E-state index in [-0.39, 0.29) is 17.6 Å². The van der Waals surface area contributed by atoms with Crippen LogP contribution < -0.4 is 5.73 Å². The van der Waals surface area contributed by atoms with Crippen molar-refractivity contribution in [3.05, 3.63) is 30.0 Å². The Labute approximate surface area is 97.6 Å². The SMILES string of the molecule is COC(=O)c1ncn(C(C)c2cn[nH]c2)c1N. The molecule has 2 heterocycles.